The van der Waals surface area contributed by atoms with Crippen LogP contribution in [0.2, 0.25) is 0 Å². The Morgan fingerprint density at radius 1 is 1.35 bits per heavy atom. The van der Waals surface area contributed by atoms with Crippen molar-refractivity contribution in [1.82, 2.24) is 19.2 Å². The first kappa shape index (κ1) is 16.0. The van der Waals surface area contributed by atoms with E-state index < -0.39 is 0 Å². The number of imidazole rings is 1. The number of nitrogens with zero attached hydrogens (tertiary/aromatic N) is 4. The quantitative estimate of drug-likeness (QED) is 0.851. The lowest BCUT2D eigenvalue weighted by Crippen LogP contribution is -2.55. The van der Waals surface area contributed by atoms with Gasteiger partial charge in [0.25, 0.3) is 0 Å². The summed E-state index contributed by atoms with van der Waals surface area (Å²) in [5.74, 6) is 0.254. The molecule has 0 saturated carbocycles. The molecule has 0 spiro atoms. The summed E-state index contributed by atoms with van der Waals surface area (Å²) in [6.07, 6.45) is 7.27. The summed E-state index contributed by atoms with van der Waals surface area (Å²) in [6.45, 7) is 6.71. The first-order chi connectivity index (χ1) is 11.1. The number of carbonyl (C=O) groups is 1. The fourth-order valence-corrected chi connectivity index (χ4v) is 3.27. The first-order valence-corrected chi connectivity index (χ1v) is 8.51. The van der Waals surface area contributed by atoms with Crippen LogP contribution in [0, 0.1) is 6.92 Å². The van der Waals surface area contributed by atoms with Crippen LogP contribution in [-0.2, 0) is 11.3 Å². The molecular weight excluding hydrogens is 288 g/mol. The Balaban J connectivity index is 1.78. The van der Waals surface area contributed by atoms with Gasteiger partial charge >= 0.3 is 0 Å². The van der Waals surface area contributed by atoms with Crippen molar-refractivity contribution < 1.29 is 4.79 Å². The van der Waals surface area contributed by atoms with E-state index in [4.69, 9.17) is 4.98 Å². The molecule has 3 rings (SSSR count). The van der Waals surface area contributed by atoms with Gasteiger partial charge in [0.05, 0.1) is 11.7 Å². The van der Waals surface area contributed by atoms with Gasteiger partial charge in [-0.15, -0.1) is 0 Å². The Hall–Kier alpha value is -1.88. The minimum atomic E-state index is 0.000230. The summed E-state index contributed by atoms with van der Waals surface area (Å²) in [6, 6.07) is 4.18. The molecule has 1 aliphatic heterocycles. The van der Waals surface area contributed by atoms with Crippen LogP contribution in [0.1, 0.15) is 37.4 Å². The van der Waals surface area contributed by atoms with Crippen LogP contribution in [0.15, 0.2) is 24.5 Å². The standard InChI is InChI=1S/C18H26N4O/c1-4-5-6-16-18(23)20(3)9-10-21(16)12-15-13-22-8-7-14(2)11-17(22)19-15/h7-8,11,13,16H,4-6,9-10,12H2,1-3H3/t16-/m0/s1. The van der Waals surface area contributed by atoms with Gasteiger partial charge in [0, 0.05) is 39.1 Å². The van der Waals surface area contributed by atoms with Crippen LogP contribution >= 0.6 is 0 Å². The minimum Gasteiger partial charge on any atom is -0.343 e. The highest BCUT2D eigenvalue weighted by molar-refractivity contribution is 5.82. The molecule has 5 nitrogen and oxygen atoms in total. The highest BCUT2D eigenvalue weighted by Crippen LogP contribution is 2.19. The molecule has 2 aromatic heterocycles. The van der Waals surface area contributed by atoms with Crippen LogP contribution in [0.5, 0.6) is 0 Å². The average molecular weight is 314 g/mol. The van der Waals surface area contributed by atoms with Gasteiger partial charge in [0.2, 0.25) is 5.91 Å². The largest absolute Gasteiger partial charge is 0.343 e. The molecule has 0 radical (unpaired) electrons. The van der Waals surface area contributed by atoms with E-state index in [-0.39, 0.29) is 11.9 Å². The smallest absolute Gasteiger partial charge is 0.239 e. The van der Waals surface area contributed by atoms with E-state index in [1.807, 2.05) is 18.1 Å². The number of carbonyl (C=O) groups excluding carboxylic acids is 1. The molecular formula is C18H26N4O. The minimum absolute atomic E-state index is 0.000230. The fourth-order valence-electron chi connectivity index (χ4n) is 3.27. The maximum absolute atomic E-state index is 12.5. The molecule has 1 aliphatic rings. The second-order valence-electron chi connectivity index (χ2n) is 6.59. The Bertz CT molecular complexity index is 693. The molecule has 0 aliphatic carbocycles. The second kappa shape index (κ2) is 6.71. The van der Waals surface area contributed by atoms with Gasteiger partial charge in [-0.3, -0.25) is 9.69 Å². The summed E-state index contributed by atoms with van der Waals surface area (Å²) < 4.78 is 2.06. The predicted octanol–water partition coefficient (Wildman–Crippen LogP) is 2.48. The second-order valence-corrected chi connectivity index (χ2v) is 6.59. The lowest BCUT2D eigenvalue weighted by Gasteiger charge is -2.38. The van der Waals surface area contributed by atoms with Gasteiger partial charge in [-0.1, -0.05) is 19.8 Å². The van der Waals surface area contributed by atoms with Gasteiger partial charge in [0.1, 0.15) is 5.65 Å². The maximum atomic E-state index is 12.5. The van der Waals surface area contributed by atoms with E-state index in [1.54, 1.807) is 0 Å². The molecule has 1 saturated heterocycles. The Morgan fingerprint density at radius 3 is 2.96 bits per heavy atom. The van der Waals surface area contributed by atoms with Crippen molar-refractivity contribution in [1.29, 1.82) is 0 Å². The lowest BCUT2D eigenvalue weighted by atomic mass is 10.0. The van der Waals surface area contributed by atoms with Crippen LogP contribution in [-0.4, -0.2) is 51.3 Å². The summed E-state index contributed by atoms with van der Waals surface area (Å²) >= 11 is 0. The van der Waals surface area contributed by atoms with Crippen molar-refractivity contribution in [2.45, 2.75) is 45.7 Å². The first-order valence-electron chi connectivity index (χ1n) is 8.51. The van der Waals surface area contributed by atoms with Crippen molar-refractivity contribution >= 4 is 11.6 Å². The van der Waals surface area contributed by atoms with Crippen molar-refractivity contribution in [3.63, 3.8) is 0 Å². The Kier molecular flexibility index (Phi) is 4.66. The van der Waals surface area contributed by atoms with E-state index in [2.05, 4.69) is 41.5 Å². The monoisotopic (exact) mass is 314 g/mol. The summed E-state index contributed by atoms with van der Waals surface area (Å²) in [5.41, 5.74) is 3.23. The maximum Gasteiger partial charge on any atom is 0.239 e. The Labute approximate surface area is 137 Å². The van der Waals surface area contributed by atoms with E-state index in [0.717, 1.165) is 50.2 Å². The number of aromatic nitrogens is 2. The van der Waals surface area contributed by atoms with Crippen LogP contribution in [0.4, 0.5) is 0 Å². The number of aryl methyl sites for hydroxylation is 1. The molecule has 3 heterocycles. The molecule has 0 N–H and O–H groups in total. The van der Waals surface area contributed by atoms with Crippen molar-refractivity contribution in [3.8, 4) is 0 Å². The van der Waals surface area contributed by atoms with Crippen LogP contribution in [0.25, 0.3) is 5.65 Å². The number of hydrogen-bond donors (Lipinski definition) is 0. The third-order valence-corrected chi connectivity index (χ3v) is 4.69. The average Bonchev–Trinajstić information content (AvgIpc) is 2.92. The summed E-state index contributed by atoms with van der Waals surface area (Å²) in [5, 5.41) is 0. The molecule has 1 atom stereocenters. The summed E-state index contributed by atoms with van der Waals surface area (Å²) in [4.78, 5) is 21.4. The van der Waals surface area contributed by atoms with E-state index >= 15 is 0 Å². The third-order valence-electron chi connectivity index (χ3n) is 4.69. The molecule has 1 fully saturated rings. The van der Waals surface area contributed by atoms with Gasteiger partial charge < -0.3 is 9.30 Å². The van der Waals surface area contributed by atoms with Gasteiger partial charge in [-0.2, -0.15) is 0 Å². The van der Waals surface area contributed by atoms with E-state index in [9.17, 15) is 4.79 Å². The predicted molar refractivity (Wildman–Crippen MR) is 91.3 cm³/mol. The molecule has 124 valence electrons. The number of fused-ring (bicyclic) bond motifs is 1. The van der Waals surface area contributed by atoms with Crippen molar-refractivity contribution in [3.05, 3.63) is 35.8 Å². The zero-order chi connectivity index (χ0) is 16.4. The molecule has 0 unspecified atom stereocenters. The number of pyridine rings is 1. The molecule has 23 heavy (non-hydrogen) atoms. The number of likely N-dealkylation sites (N-methyl/N-ethyl adjacent to an activating group) is 1. The van der Waals surface area contributed by atoms with Gasteiger partial charge in [0.15, 0.2) is 0 Å². The van der Waals surface area contributed by atoms with E-state index in [1.165, 1.54) is 5.56 Å². The summed E-state index contributed by atoms with van der Waals surface area (Å²) in [7, 11) is 1.91. The molecule has 2 aromatic rings. The van der Waals surface area contributed by atoms with Gasteiger partial charge in [-0.25, -0.2) is 4.98 Å². The highest BCUT2D eigenvalue weighted by atomic mass is 16.2. The normalized spacial score (nSPS) is 19.7. The zero-order valence-corrected chi connectivity index (χ0v) is 14.3. The number of piperazine rings is 1. The van der Waals surface area contributed by atoms with Crippen molar-refractivity contribution in [2.24, 2.45) is 0 Å². The molecule has 0 aromatic carbocycles. The zero-order valence-electron chi connectivity index (χ0n) is 14.3. The van der Waals surface area contributed by atoms with E-state index in [0.29, 0.717) is 0 Å². The van der Waals surface area contributed by atoms with Gasteiger partial charge in [-0.05, 0) is 31.0 Å². The lowest BCUT2D eigenvalue weighted by molar-refractivity contribution is -0.140. The molecule has 5 heteroatoms. The highest BCUT2D eigenvalue weighted by Gasteiger charge is 2.32. The topological polar surface area (TPSA) is 40.9 Å². The number of unbranched alkanes of at least 4 members (excludes halogenated alkanes) is 1. The van der Waals surface area contributed by atoms with Crippen LogP contribution in [0.3, 0.4) is 0 Å². The molecule has 1 amide bonds. The van der Waals surface area contributed by atoms with Crippen molar-refractivity contribution in [2.75, 3.05) is 20.1 Å². The number of amides is 1. The van der Waals surface area contributed by atoms with Crippen LogP contribution < -0.4 is 0 Å². The Morgan fingerprint density at radius 2 is 2.17 bits per heavy atom. The number of rotatable bonds is 5. The fraction of sp³-hybridized carbons (Fsp3) is 0.556. The SMILES string of the molecule is CCCC[C@H]1C(=O)N(C)CCN1Cc1cn2ccc(C)cc2n1. The number of hydrogen-bond acceptors (Lipinski definition) is 3. The third kappa shape index (κ3) is 3.39. The molecule has 0 bridgehead atoms.